The number of nitrogens with one attached hydrogen (secondary N) is 1. The first-order valence-electron chi connectivity index (χ1n) is 7.93. The predicted molar refractivity (Wildman–Crippen MR) is 90.2 cm³/mol. The molecule has 6 heteroatoms. The van der Waals surface area contributed by atoms with Crippen molar-refractivity contribution in [3.63, 3.8) is 0 Å². The summed E-state index contributed by atoms with van der Waals surface area (Å²) in [4.78, 5) is 4.33. The molecule has 0 saturated heterocycles. The Bertz CT molecular complexity index is 923. The van der Waals surface area contributed by atoms with E-state index >= 15 is 0 Å². The lowest BCUT2D eigenvalue weighted by Gasteiger charge is -2.14. The van der Waals surface area contributed by atoms with Crippen molar-refractivity contribution < 1.29 is 8.94 Å². The molecule has 0 aliphatic rings. The van der Waals surface area contributed by atoms with Crippen LogP contribution in [0.4, 0.5) is 0 Å². The van der Waals surface area contributed by atoms with Crippen LogP contribution >= 0.6 is 0 Å². The summed E-state index contributed by atoms with van der Waals surface area (Å²) in [6.45, 7) is 3.53. The molecular formula is C18H18N4O2. The quantitative estimate of drug-likeness (QED) is 0.589. The molecule has 0 unspecified atom stereocenters. The van der Waals surface area contributed by atoms with Crippen LogP contribution in [-0.4, -0.2) is 20.7 Å². The van der Waals surface area contributed by atoms with Gasteiger partial charge in [0.05, 0.1) is 12.8 Å². The Kier molecular flexibility index (Phi) is 3.88. The van der Waals surface area contributed by atoms with Gasteiger partial charge in [-0.2, -0.15) is 4.98 Å². The third-order valence-corrected chi connectivity index (χ3v) is 3.96. The monoisotopic (exact) mass is 322 g/mol. The van der Waals surface area contributed by atoms with E-state index in [-0.39, 0.29) is 6.04 Å². The number of hydrogen-bond donors (Lipinski definition) is 1. The summed E-state index contributed by atoms with van der Waals surface area (Å²) >= 11 is 0. The minimum atomic E-state index is 0.264. The zero-order valence-corrected chi connectivity index (χ0v) is 13.3. The van der Waals surface area contributed by atoms with Crippen LogP contribution in [0, 0.1) is 0 Å². The smallest absolute Gasteiger partial charge is 0.241 e. The van der Waals surface area contributed by atoms with Gasteiger partial charge in [0.1, 0.15) is 0 Å². The van der Waals surface area contributed by atoms with Gasteiger partial charge in [0, 0.05) is 24.3 Å². The largest absolute Gasteiger partial charge is 0.461 e. The number of para-hydroxylation sites is 1. The minimum Gasteiger partial charge on any atom is -0.461 e. The fourth-order valence-corrected chi connectivity index (χ4v) is 2.75. The number of benzene rings is 1. The molecule has 4 rings (SSSR count). The summed E-state index contributed by atoms with van der Waals surface area (Å²) < 4.78 is 12.8. The summed E-state index contributed by atoms with van der Waals surface area (Å²) in [5.41, 5.74) is 1.24. The maximum atomic E-state index is 5.26. The molecule has 4 aromatic rings. The Morgan fingerprint density at radius 2 is 2.08 bits per heavy atom. The Balaban J connectivity index is 1.37. The van der Waals surface area contributed by atoms with Crippen molar-refractivity contribution in [1.29, 1.82) is 0 Å². The topological polar surface area (TPSA) is 69.0 Å². The molecule has 3 aromatic heterocycles. The third kappa shape index (κ3) is 2.96. The van der Waals surface area contributed by atoms with E-state index in [4.69, 9.17) is 8.94 Å². The Labute approximate surface area is 139 Å². The van der Waals surface area contributed by atoms with E-state index in [1.54, 1.807) is 12.3 Å². The van der Waals surface area contributed by atoms with Crippen LogP contribution < -0.4 is 5.32 Å². The molecule has 1 atom stereocenters. The predicted octanol–water partition coefficient (Wildman–Crippen LogP) is 3.46. The number of hydrogen-bond acceptors (Lipinski definition) is 5. The van der Waals surface area contributed by atoms with Crippen LogP contribution in [0.5, 0.6) is 0 Å². The van der Waals surface area contributed by atoms with E-state index in [9.17, 15) is 0 Å². The Morgan fingerprint density at radius 1 is 1.17 bits per heavy atom. The highest BCUT2D eigenvalue weighted by Gasteiger charge is 2.12. The number of fused-ring (bicyclic) bond motifs is 1. The molecule has 6 nitrogen and oxygen atoms in total. The molecule has 0 aliphatic heterocycles. The summed E-state index contributed by atoms with van der Waals surface area (Å²) in [6.07, 6.45) is 3.71. The second kappa shape index (κ2) is 6.33. The SMILES string of the molecule is C[C@H](Cn1ccc2ccccc21)NCc1nc(-c2ccco2)no1. The van der Waals surface area contributed by atoms with Gasteiger partial charge < -0.3 is 18.8 Å². The van der Waals surface area contributed by atoms with Crippen molar-refractivity contribution in [2.24, 2.45) is 0 Å². The van der Waals surface area contributed by atoms with Gasteiger partial charge in [-0.05, 0) is 36.6 Å². The summed E-state index contributed by atoms with van der Waals surface area (Å²) in [6, 6.07) is 14.4. The fourth-order valence-electron chi connectivity index (χ4n) is 2.75. The molecule has 3 heterocycles. The third-order valence-electron chi connectivity index (χ3n) is 3.96. The number of aromatic nitrogens is 3. The van der Waals surface area contributed by atoms with Crippen molar-refractivity contribution in [2.75, 3.05) is 0 Å². The van der Waals surface area contributed by atoms with Crippen LogP contribution in [-0.2, 0) is 13.1 Å². The van der Waals surface area contributed by atoms with Crippen molar-refractivity contribution in [3.8, 4) is 11.6 Å². The summed E-state index contributed by atoms with van der Waals surface area (Å²) in [5.74, 6) is 1.63. The van der Waals surface area contributed by atoms with E-state index in [1.165, 1.54) is 10.9 Å². The number of rotatable bonds is 6. The average Bonchev–Trinajstić information content (AvgIpc) is 3.34. The van der Waals surface area contributed by atoms with Crippen molar-refractivity contribution >= 4 is 10.9 Å². The van der Waals surface area contributed by atoms with Gasteiger partial charge in [0.25, 0.3) is 0 Å². The highest BCUT2D eigenvalue weighted by atomic mass is 16.5. The Morgan fingerprint density at radius 3 is 2.96 bits per heavy atom. The molecule has 0 saturated carbocycles. The van der Waals surface area contributed by atoms with Crippen LogP contribution in [0.15, 0.2) is 63.9 Å². The van der Waals surface area contributed by atoms with Gasteiger partial charge in [-0.3, -0.25) is 0 Å². The molecule has 122 valence electrons. The molecular weight excluding hydrogens is 304 g/mol. The van der Waals surface area contributed by atoms with Gasteiger partial charge in [-0.1, -0.05) is 23.4 Å². The van der Waals surface area contributed by atoms with E-state index in [0.29, 0.717) is 24.0 Å². The molecule has 0 radical (unpaired) electrons. The normalized spacial score (nSPS) is 12.7. The van der Waals surface area contributed by atoms with Gasteiger partial charge in [0.15, 0.2) is 5.76 Å². The van der Waals surface area contributed by atoms with Crippen molar-refractivity contribution in [2.45, 2.75) is 26.1 Å². The average molecular weight is 322 g/mol. The second-order valence-corrected chi connectivity index (χ2v) is 5.80. The lowest BCUT2D eigenvalue weighted by Crippen LogP contribution is -2.29. The molecule has 1 N–H and O–H groups in total. The molecule has 24 heavy (non-hydrogen) atoms. The number of furan rings is 1. The first-order chi connectivity index (χ1) is 11.8. The van der Waals surface area contributed by atoms with E-state index < -0.39 is 0 Å². The molecule has 1 aromatic carbocycles. The summed E-state index contributed by atoms with van der Waals surface area (Å²) in [5, 5.41) is 8.60. The van der Waals surface area contributed by atoms with Gasteiger partial charge in [0.2, 0.25) is 11.7 Å². The molecule has 0 bridgehead atoms. The maximum Gasteiger partial charge on any atom is 0.241 e. The lowest BCUT2D eigenvalue weighted by molar-refractivity contribution is 0.353. The molecule has 0 fully saturated rings. The fraction of sp³-hybridized carbons (Fsp3) is 0.222. The minimum absolute atomic E-state index is 0.264. The lowest BCUT2D eigenvalue weighted by atomic mass is 10.2. The first-order valence-corrected chi connectivity index (χ1v) is 7.93. The van der Waals surface area contributed by atoms with Crippen LogP contribution in [0.1, 0.15) is 12.8 Å². The maximum absolute atomic E-state index is 5.26. The van der Waals surface area contributed by atoms with E-state index in [0.717, 1.165) is 6.54 Å². The van der Waals surface area contributed by atoms with Crippen LogP contribution in [0.2, 0.25) is 0 Å². The Hall–Kier alpha value is -2.86. The van der Waals surface area contributed by atoms with Gasteiger partial charge in [-0.25, -0.2) is 0 Å². The highest BCUT2D eigenvalue weighted by Crippen LogP contribution is 2.17. The highest BCUT2D eigenvalue weighted by molar-refractivity contribution is 5.79. The zero-order chi connectivity index (χ0) is 16.4. The van der Waals surface area contributed by atoms with E-state index in [2.05, 4.69) is 63.5 Å². The van der Waals surface area contributed by atoms with Crippen LogP contribution in [0.3, 0.4) is 0 Å². The van der Waals surface area contributed by atoms with E-state index in [1.807, 2.05) is 6.07 Å². The first kappa shape index (κ1) is 14.7. The molecule has 0 aliphatic carbocycles. The van der Waals surface area contributed by atoms with Crippen LogP contribution in [0.25, 0.3) is 22.5 Å². The van der Waals surface area contributed by atoms with Crippen molar-refractivity contribution in [3.05, 3.63) is 60.8 Å². The molecule has 0 spiro atoms. The van der Waals surface area contributed by atoms with Crippen molar-refractivity contribution in [1.82, 2.24) is 20.0 Å². The molecule has 0 amide bonds. The second-order valence-electron chi connectivity index (χ2n) is 5.80. The van der Waals surface area contributed by atoms with Gasteiger partial charge >= 0.3 is 0 Å². The van der Waals surface area contributed by atoms with Gasteiger partial charge in [-0.15, -0.1) is 0 Å². The number of nitrogens with zero attached hydrogens (tertiary/aromatic N) is 3. The zero-order valence-electron chi connectivity index (χ0n) is 13.3. The summed E-state index contributed by atoms with van der Waals surface area (Å²) in [7, 11) is 0. The standard InChI is InChI=1S/C18H18N4O2/c1-13(12-22-9-8-14-5-2-3-6-15(14)22)19-11-17-20-18(21-24-17)16-7-4-10-23-16/h2-10,13,19H,11-12H2,1H3/t13-/m1/s1.